The van der Waals surface area contributed by atoms with E-state index >= 15 is 0 Å². The van der Waals surface area contributed by atoms with Crippen LogP contribution in [0.15, 0.2) is 25.3 Å². The average Bonchev–Trinajstić information content (AvgIpc) is 1.69. The maximum atomic E-state index is 3.63. The molecule has 0 atom stereocenters. The van der Waals surface area contributed by atoms with E-state index in [9.17, 15) is 0 Å². The molecule has 0 aliphatic heterocycles. The third-order valence-corrected chi connectivity index (χ3v) is 3.15. The Hall–Kier alpha value is 0.129. The Balaban J connectivity index is 2.68. The summed E-state index contributed by atoms with van der Waals surface area (Å²) in [5, 5.41) is 0. The molecule has 1 heteroatoms. The van der Waals surface area contributed by atoms with Gasteiger partial charge in [-0.2, -0.15) is 0 Å². The van der Waals surface area contributed by atoms with E-state index in [1.54, 1.807) is 0 Å². The van der Waals surface area contributed by atoms with Gasteiger partial charge in [-0.3, -0.25) is 0 Å². The Labute approximate surface area is 53.3 Å². The van der Waals surface area contributed by atoms with Gasteiger partial charge in [0, 0.05) is 0 Å². The van der Waals surface area contributed by atoms with Gasteiger partial charge in [0.25, 0.3) is 0 Å². The van der Waals surface area contributed by atoms with Crippen LogP contribution in [0.4, 0.5) is 0 Å². The number of hydrogen-bond acceptors (Lipinski definition) is 0. The van der Waals surface area contributed by atoms with Crippen molar-refractivity contribution in [3.05, 3.63) is 25.3 Å². The van der Waals surface area contributed by atoms with E-state index in [0.29, 0.717) is 0 Å². The summed E-state index contributed by atoms with van der Waals surface area (Å²) in [5.74, 6) is 0. The van der Waals surface area contributed by atoms with Crippen molar-refractivity contribution in [2.75, 3.05) is 0 Å². The second-order valence-corrected chi connectivity index (χ2v) is 4.17. The molecule has 0 heterocycles. The maximum absolute atomic E-state index is 3.63. The van der Waals surface area contributed by atoms with Gasteiger partial charge >= 0.3 is 52.9 Å². The summed E-state index contributed by atoms with van der Waals surface area (Å²) >= 11 is 0.278. The van der Waals surface area contributed by atoms with Crippen LogP contribution in [0.2, 0.25) is 9.87 Å². The standard InChI is InChI=1S/2C3H5.Ir/c2*1-3-2;/h2*3H,1-2H2;. The summed E-state index contributed by atoms with van der Waals surface area (Å²) in [6.07, 6.45) is 3.98. The molecule has 0 spiro atoms. The zero-order chi connectivity index (χ0) is 5.54. The van der Waals surface area contributed by atoms with E-state index in [-0.39, 0.29) is 17.7 Å². The fraction of sp³-hybridized carbons (Fsp3) is 0.333. The van der Waals surface area contributed by atoms with E-state index in [1.807, 2.05) is 12.2 Å². The van der Waals surface area contributed by atoms with Crippen molar-refractivity contribution < 1.29 is 17.7 Å². The molecule has 0 aromatic carbocycles. The normalized spacial score (nSPS) is 8.57. The molecule has 0 bridgehead atoms. The molecule has 0 unspecified atom stereocenters. The van der Waals surface area contributed by atoms with E-state index in [1.165, 1.54) is 9.87 Å². The zero-order valence-electron chi connectivity index (χ0n) is 4.32. The zero-order valence-corrected chi connectivity index (χ0v) is 6.71. The second kappa shape index (κ2) is 6.13. The fourth-order valence-corrected chi connectivity index (χ4v) is 1.57. The topological polar surface area (TPSA) is 0 Å². The molecule has 0 aliphatic rings. The van der Waals surface area contributed by atoms with Crippen LogP contribution in [0.1, 0.15) is 0 Å². The van der Waals surface area contributed by atoms with Gasteiger partial charge in [0.2, 0.25) is 0 Å². The SMILES string of the molecule is C=C[CH2][Ir][CH2]C=C. The summed E-state index contributed by atoms with van der Waals surface area (Å²) in [6.45, 7) is 7.26. The number of rotatable bonds is 4. The van der Waals surface area contributed by atoms with Crippen molar-refractivity contribution in [2.45, 2.75) is 9.87 Å². The summed E-state index contributed by atoms with van der Waals surface area (Å²) in [7, 11) is 0. The molecule has 0 N–H and O–H groups in total. The molecule has 0 aliphatic carbocycles. The molecular weight excluding hydrogens is 264 g/mol. The molecule has 0 saturated carbocycles. The Morgan fingerprint density at radius 1 is 1.14 bits per heavy atom. The van der Waals surface area contributed by atoms with Crippen molar-refractivity contribution in [2.24, 2.45) is 0 Å². The van der Waals surface area contributed by atoms with Crippen LogP contribution in [0.3, 0.4) is 0 Å². The van der Waals surface area contributed by atoms with Crippen LogP contribution in [0, 0.1) is 0 Å². The molecular formula is C6H10Ir. The second-order valence-electron chi connectivity index (χ2n) is 1.02. The fourth-order valence-electron chi connectivity index (χ4n) is 0.192. The predicted octanol–water partition coefficient (Wildman–Crippen LogP) is 2.28. The third kappa shape index (κ3) is 6.13. The minimum atomic E-state index is 0.278. The van der Waals surface area contributed by atoms with Gasteiger partial charge in [0.15, 0.2) is 0 Å². The van der Waals surface area contributed by atoms with E-state index in [4.69, 9.17) is 0 Å². The van der Waals surface area contributed by atoms with Crippen LogP contribution < -0.4 is 0 Å². The Kier molecular flexibility index (Phi) is 6.24. The van der Waals surface area contributed by atoms with Gasteiger partial charge in [0.05, 0.1) is 0 Å². The van der Waals surface area contributed by atoms with Gasteiger partial charge < -0.3 is 0 Å². The average molecular weight is 274 g/mol. The number of allylic oxidation sites excluding steroid dienone is 2. The molecule has 0 rings (SSSR count). The molecule has 0 fully saturated rings. The van der Waals surface area contributed by atoms with Crippen molar-refractivity contribution in [3.8, 4) is 0 Å². The quantitative estimate of drug-likeness (QED) is 0.545. The first-order chi connectivity index (χ1) is 3.41. The van der Waals surface area contributed by atoms with Crippen LogP contribution in [0.5, 0.6) is 0 Å². The van der Waals surface area contributed by atoms with Crippen LogP contribution in [-0.4, -0.2) is 0 Å². The summed E-state index contributed by atoms with van der Waals surface area (Å²) in [6, 6.07) is 0. The molecule has 7 heavy (non-hydrogen) atoms. The number of hydrogen-bond donors (Lipinski definition) is 0. The van der Waals surface area contributed by atoms with Gasteiger partial charge in [-0.1, -0.05) is 0 Å². The van der Waals surface area contributed by atoms with Crippen molar-refractivity contribution in [3.63, 3.8) is 0 Å². The minimum absolute atomic E-state index is 0.278. The Morgan fingerprint density at radius 3 is 1.86 bits per heavy atom. The first-order valence-electron chi connectivity index (χ1n) is 2.10. The van der Waals surface area contributed by atoms with Crippen molar-refractivity contribution >= 4 is 0 Å². The molecule has 0 radical (unpaired) electrons. The Morgan fingerprint density at radius 2 is 1.57 bits per heavy atom. The molecule has 0 aromatic heterocycles. The first-order valence-corrected chi connectivity index (χ1v) is 5.49. The van der Waals surface area contributed by atoms with Crippen LogP contribution in [-0.2, 0) is 17.7 Å². The van der Waals surface area contributed by atoms with E-state index in [0.717, 1.165) is 0 Å². The summed E-state index contributed by atoms with van der Waals surface area (Å²) in [4.78, 5) is 2.48. The van der Waals surface area contributed by atoms with Gasteiger partial charge in [0.1, 0.15) is 0 Å². The monoisotopic (exact) mass is 275 g/mol. The van der Waals surface area contributed by atoms with Crippen molar-refractivity contribution in [1.29, 1.82) is 0 Å². The molecule has 0 amide bonds. The summed E-state index contributed by atoms with van der Waals surface area (Å²) in [5.41, 5.74) is 0. The van der Waals surface area contributed by atoms with Crippen LogP contribution >= 0.6 is 0 Å². The predicted molar refractivity (Wildman–Crippen MR) is 30.0 cm³/mol. The molecule has 0 saturated heterocycles. The molecule has 43 valence electrons. The van der Waals surface area contributed by atoms with E-state index < -0.39 is 0 Å². The van der Waals surface area contributed by atoms with Gasteiger partial charge in [-0.05, 0) is 0 Å². The first kappa shape index (κ1) is 7.13. The van der Waals surface area contributed by atoms with Gasteiger partial charge in [-0.15, -0.1) is 0 Å². The van der Waals surface area contributed by atoms with Crippen LogP contribution in [0.25, 0.3) is 0 Å². The van der Waals surface area contributed by atoms with Gasteiger partial charge in [-0.25, -0.2) is 0 Å². The Bertz CT molecular complexity index is 49.2. The molecule has 0 aromatic rings. The third-order valence-electron chi connectivity index (χ3n) is 0.385. The summed E-state index contributed by atoms with van der Waals surface area (Å²) < 4.78 is 0. The molecule has 0 nitrogen and oxygen atoms in total. The van der Waals surface area contributed by atoms with E-state index in [2.05, 4.69) is 13.2 Å². The van der Waals surface area contributed by atoms with Crippen molar-refractivity contribution in [1.82, 2.24) is 0 Å².